The zero-order valence-corrected chi connectivity index (χ0v) is 19.5. The monoisotopic (exact) mass is 440 g/mol. The van der Waals surface area contributed by atoms with Gasteiger partial charge in [-0.1, -0.05) is 6.92 Å². The molecule has 1 aliphatic carbocycles. The van der Waals surface area contributed by atoms with Crippen LogP contribution in [0.5, 0.6) is 11.6 Å². The molecular formula is C25H36N4O3. The fourth-order valence-corrected chi connectivity index (χ4v) is 5.28. The summed E-state index contributed by atoms with van der Waals surface area (Å²) in [5.41, 5.74) is 5.41. The van der Waals surface area contributed by atoms with Crippen molar-refractivity contribution in [3.63, 3.8) is 0 Å². The highest BCUT2D eigenvalue weighted by molar-refractivity contribution is 5.91. The molecule has 0 amide bonds. The number of hydrogen-bond acceptors (Lipinski definition) is 7. The highest BCUT2D eigenvalue weighted by Crippen LogP contribution is 2.39. The molecule has 0 spiro atoms. The first kappa shape index (κ1) is 21.7. The number of aromatic nitrogens is 2. The molecule has 2 saturated heterocycles. The van der Waals surface area contributed by atoms with Crippen LogP contribution in [0, 0.1) is 11.8 Å². The van der Waals surface area contributed by atoms with Crippen molar-refractivity contribution in [2.45, 2.75) is 45.4 Å². The molecule has 1 N–H and O–H groups in total. The Kier molecular flexibility index (Phi) is 6.64. The molecule has 4 heterocycles. The Morgan fingerprint density at radius 3 is 2.88 bits per heavy atom. The number of hydrogen-bond donors (Lipinski definition) is 1. The predicted octanol–water partition coefficient (Wildman–Crippen LogP) is 3.69. The summed E-state index contributed by atoms with van der Waals surface area (Å²) in [5, 5.41) is 3.72. The van der Waals surface area contributed by atoms with E-state index in [9.17, 15) is 0 Å². The van der Waals surface area contributed by atoms with Gasteiger partial charge >= 0.3 is 0 Å². The largest absolute Gasteiger partial charge is 0.488 e. The van der Waals surface area contributed by atoms with Gasteiger partial charge in [0, 0.05) is 37.4 Å². The second-order valence-electron chi connectivity index (χ2n) is 9.65. The van der Waals surface area contributed by atoms with Gasteiger partial charge in [0.15, 0.2) is 5.75 Å². The SMILES string of the molecule is COc1nc2c(NC[C@H]3CCOC3)c3c(nc2cc1OCCCN1CCCC1)CC(C)C3. The quantitative estimate of drug-likeness (QED) is 0.597. The Balaban J connectivity index is 1.38. The number of rotatable bonds is 9. The lowest BCUT2D eigenvalue weighted by Gasteiger charge is -2.18. The number of likely N-dealkylation sites (tertiary alicyclic amines) is 1. The Morgan fingerprint density at radius 2 is 2.09 bits per heavy atom. The first-order chi connectivity index (χ1) is 15.7. The van der Waals surface area contributed by atoms with E-state index in [1.54, 1.807) is 7.11 Å². The molecule has 7 nitrogen and oxygen atoms in total. The third-order valence-electron chi connectivity index (χ3n) is 7.03. The van der Waals surface area contributed by atoms with Gasteiger partial charge in [0.25, 0.3) is 5.88 Å². The van der Waals surface area contributed by atoms with Gasteiger partial charge in [0.1, 0.15) is 5.52 Å². The molecule has 2 aromatic rings. The highest BCUT2D eigenvalue weighted by atomic mass is 16.5. The lowest BCUT2D eigenvalue weighted by atomic mass is 10.1. The van der Waals surface area contributed by atoms with Gasteiger partial charge in [-0.25, -0.2) is 4.98 Å². The lowest BCUT2D eigenvalue weighted by Crippen LogP contribution is -2.22. The van der Waals surface area contributed by atoms with Crippen LogP contribution in [0.15, 0.2) is 6.07 Å². The van der Waals surface area contributed by atoms with Crippen molar-refractivity contribution in [2.75, 3.05) is 58.4 Å². The van der Waals surface area contributed by atoms with E-state index in [2.05, 4.69) is 17.1 Å². The number of nitrogens with zero attached hydrogens (tertiary/aromatic N) is 3. The molecule has 0 saturated carbocycles. The zero-order valence-electron chi connectivity index (χ0n) is 19.5. The van der Waals surface area contributed by atoms with E-state index in [-0.39, 0.29) is 0 Å². The summed E-state index contributed by atoms with van der Waals surface area (Å²) in [4.78, 5) is 12.4. The molecule has 174 valence electrons. The van der Waals surface area contributed by atoms with E-state index in [0.717, 1.165) is 68.7 Å². The molecule has 2 aliphatic heterocycles. The normalized spacial score (nSPS) is 23.1. The van der Waals surface area contributed by atoms with Crippen molar-refractivity contribution >= 4 is 16.7 Å². The average Bonchev–Trinajstić information content (AvgIpc) is 3.55. The lowest BCUT2D eigenvalue weighted by molar-refractivity contribution is 0.187. The summed E-state index contributed by atoms with van der Waals surface area (Å²) < 4.78 is 17.3. The highest BCUT2D eigenvalue weighted by Gasteiger charge is 2.27. The summed E-state index contributed by atoms with van der Waals surface area (Å²) in [6.45, 7) is 9.08. The molecule has 0 radical (unpaired) electrons. The number of ether oxygens (including phenoxy) is 3. The Labute approximate surface area is 190 Å². The molecule has 32 heavy (non-hydrogen) atoms. The molecule has 2 aromatic heterocycles. The molecule has 3 aliphatic rings. The standard InChI is InChI=1S/C25H36N4O3/c1-17-12-19-20(13-17)27-21-14-22(32-10-5-9-29-7-3-4-8-29)25(30-2)28-24(21)23(19)26-15-18-6-11-31-16-18/h14,17-18H,3-13,15-16H2,1-2H3,(H,26,27)/t17?,18-/m1/s1. The van der Waals surface area contributed by atoms with Gasteiger partial charge in [-0.2, -0.15) is 0 Å². The van der Waals surface area contributed by atoms with Crippen LogP contribution >= 0.6 is 0 Å². The number of methoxy groups -OCH3 is 1. The molecule has 2 atom stereocenters. The minimum atomic E-state index is 0.540. The predicted molar refractivity (Wildman–Crippen MR) is 126 cm³/mol. The van der Waals surface area contributed by atoms with Gasteiger partial charge in [-0.05, 0) is 63.1 Å². The van der Waals surface area contributed by atoms with E-state index >= 15 is 0 Å². The van der Waals surface area contributed by atoms with E-state index in [1.807, 2.05) is 6.07 Å². The number of anilines is 1. The molecular weight excluding hydrogens is 404 g/mol. The third kappa shape index (κ3) is 4.64. The molecule has 2 fully saturated rings. The number of fused-ring (bicyclic) bond motifs is 2. The van der Waals surface area contributed by atoms with Gasteiger partial charge < -0.3 is 24.4 Å². The second-order valence-corrected chi connectivity index (χ2v) is 9.65. The minimum Gasteiger partial charge on any atom is -0.488 e. The van der Waals surface area contributed by atoms with Gasteiger partial charge in [0.05, 0.1) is 31.5 Å². The summed E-state index contributed by atoms with van der Waals surface area (Å²) in [6, 6.07) is 2.02. The Bertz CT molecular complexity index is 939. The van der Waals surface area contributed by atoms with Crippen molar-refractivity contribution in [3.8, 4) is 11.6 Å². The Morgan fingerprint density at radius 1 is 1.22 bits per heavy atom. The van der Waals surface area contributed by atoms with Crippen molar-refractivity contribution in [2.24, 2.45) is 11.8 Å². The summed E-state index contributed by atoms with van der Waals surface area (Å²) in [6.07, 6.45) is 6.82. The average molecular weight is 441 g/mol. The molecule has 1 unspecified atom stereocenters. The smallest absolute Gasteiger partial charge is 0.257 e. The van der Waals surface area contributed by atoms with Gasteiger partial charge in [-0.3, -0.25) is 4.98 Å². The first-order valence-electron chi connectivity index (χ1n) is 12.3. The van der Waals surface area contributed by atoms with Crippen molar-refractivity contribution in [3.05, 3.63) is 17.3 Å². The van der Waals surface area contributed by atoms with Crippen molar-refractivity contribution in [1.29, 1.82) is 0 Å². The molecule has 0 bridgehead atoms. The molecule has 7 heteroatoms. The number of pyridine rings is 2. The van der Waals surface area contributed by atoms with E-state index in [0.29, 0.717) is 30.1 Å². The van der Waals surface area contributed by atoms with Crippen LogP contribution in [-0.4, -0.2) is 68.0 Å². The molecule has 0 aromatic carbocycles. The van der Waals surface area contributed by atoms with Crippen LogP contribution in [0.1, 0.15) is 43.9 Å². The van der Waals surface area contributed by atoms with Crippen LogP contribution in [0.3, 0.4) is 0 Å². The first-order valence-corrected chi connectivity index (χ1v) is 12.3. The maximum Gasteiger partial charge on any atom is 0.257 e. The summed E-state index contributed by atoms with van der Waals surface area (Å²) in [7, 11) is 1.66. The van der Waals surface area contributed by atoms with Crippen molar-refractivity contribution < 1.29 is 14.2 Å². The van der Waals surface area contributed by atoms with Gasteiger partial charge in [0.2, 0.25) is 0 Å². The van der Waals surface area contributed by atoms with E-state index < -0.39 is 0 Å². The Hall–Kier alpha value is -2.12. The second kappa shape index (κ2) is 9.79. The summed E-state index contributed by atoms with van der Waals surface area (Å²) >= 11 is 0. The minimum absolute atomic E-state index is 0.540. The topological polar surface area (TPSA) is 68.7 Å². The zero-order chi connectivity index (χ0) is 21.9. The van der Waals surface area contributed by atoms with Crippen LogP contribution in [-0.2, 0) is 17.6 Å². The van der Waals surface area contributed by atoms with Crippen LogP contribution in [0.4, 0.5) is 5.69 Å². The van der Waals surface area contributed by atoms with Crippen LogP contribution in [0.25, 0.3) is 11.0 Å². The van der Waals surface area contributed by atoms with Crippen LogP contribution < -0.4 is 14.8 Å². The van der Waals surface area contributed by atoms with E-state index in [1.165, 1.54) is 37.2 Å². The fraction of sp³-hybridized carbons (Fsp3) is 0.680. The van der Waals surface area contributed by atoms with Crippen LogP contribution in [0.2, 0.25) is 0 Å². The van der Waals surface area contributed by atoms with Crippen molar-refractivity contribution in [1.82, 2.24) is 14.9 Å². The maximum atomic E-state index is 6.13. The summed E-state index contributed by atoms with van der Waals surface area (Å²) in [5.74, 6) is 2.38. The van der Waals surface area contributed by atoms with Gasteiger partial charge in [-0.15, -0.1) is 0 Å². The third-order valence-corrected chi connectivity index (χ3v) is 7.03. The number of nitrogens with one attached hydrogen (secondary N) is 1. The molecule has 5 rings (SSSR count). The fourth-order valence-electron chi connectivity index (χ4n) is 5.28. The maximum absolute atomic E-state index is 6.13. The van der Waals surface area contributed by atoms with E-state index in [4.69, 9.17) is 24.2 Å².